The summed E-state index contributed by atoms with van der Waals surface area (Å²) in [4.78, 5) is 39.8. The third kappa shape index (κ3) is 2.38. The highest BCUT2D eigenvalue weighted by atomic mass is 16.2. The molecule has 0 radical (unpaired) electrons. The van der Waals surface area contributed by atoms with Crippen LogP contribution in [0.2, 0.25) is 0 Å². The first-order valence-electron chi connectivity index (χ1n) is 6.22. The highest BCUT2D eigenvalue weighted by molar-refractivity contribution is 6.08. The summed E-state index contributed by atoms with van der Waals surface area (Å²) in [5.41, 5.74) is 1.22. The molecule has 1 saturated heterocycles. The van der Waals surface area contributed by atoms with Gasteiger partial charge in [-0.05, 0) is 26.8 Å². The number of hydrogen-bond acceptors (Lipinski definition) is 3. The topological polar surface area (TPSA) is 82.3 Å². The lowest BCUT2D eigenvalue weighted by atomic mass is 10.2. The maximum atomic E-state index is 12.0. The van der Waals surface area contributed by atoms with Crippen molar-refractivity contribution in [2.45, 2.75) is 39.3 Å². The minimum atomic E-state index is -0.753. The Hall–Kier alpha value is -2.11. The average Bonchev–Trinajstić information content (AvgIpc) is 2.84. The van der Waals surface area contributed by atoms with E-state index in [2.05, 4.69) is 10.3 Å². The lowest BCUT2D eigenvalue weighted by molar-refractivity contribution is -0.140. The second-order valence-corrected chi connectivity index (χ2v) is 4.94. The molecule has 2 N–H and O–H groups in total. The van der Waals surface area contributed by atoms with Crippen LogP contribution in [-0.4, -0.2) is 39.7 Å². The van der Waals surface area contributed by atoms with Crippen molar-refractivity contribution < 1.29 is 14.4 Å². The Bertz CT molecular complexity index is 533. The molecule has 102 valence electrons. The van der Waals surface area contributed by atoms with E-state index in [9.17, 15) is 14.4 Å². The van der Waals surface area contributed by atoms with Crippen LogP contribution in [-0.2, 0) is 9.59 Å². The molecule has 0 spiro atoms. The van der Waals surface area contributed by atoms with Gasteiger partial charge in [-0.15, -0.1) is 0 Å². The molecule has 1 aliphatic rings. The van der Waals surface area contributed by atoms with Gasteiger partial charge >= 0.3 is 0 Å². The van der Waals surface area contributed by atoms with Gasteiger partial charge in [0, 0.05) is 17.9 Å². The Labute approximate surface area is 111 Å². The van der Waals surface area contributed by atoms with E-state index < -0.39 is 6.04 Å². The first-order chi connectivity index (χ1) is 8.91. The Morgan fingerprint density at radius 1 is 1.47 bits per heavy atom. The van der Waals surface area contributed by atoms with Gasteiger partial charge in [-0.1, -0.05) is 0 Å². The van der Waals surface area contributed by atoms with Crippen LogP contribution in [0.1, 0.15) is 36.3 Å². The second-order valence-electron chi connectivity index (χ2n) is 4.94. The van der Waals surface area contributed by atoms with Crippen molar-refractivity contribution in [1.29, 1.82) is 0 Å². The molecule has 1 aromatic rings. The maximum Gasteiger partial charge on any atom is 0.253 e. The van der Waals surface area contributed by atoms with Crippen molar-refractivity contribution in [1.82, 2.24) is 15.2 Å². The predicted octanol–water partition coefficient (Wildman–Crippen LogP) is 0.589. The summed E-state index contributed by atoms with van der Waals surface area (Å²) in [6.07, 6.45) is 1.69. The molecule has 2 rings (SSSR count). The average molecular weight is 263 g/mol. The third-order valence-corrected chi connectivity index (χ3v) is 3.20. The van der Waals surface area contributed by atoms with E-state index in [1.54, 1.807) is 33.0 Å². The molecule has 19 heavy (non-hydrogen) atoms. The molecule has 0 aromatic carbocycles. The zero-order valence-electron chi connectivity index (χ0n) is 11.2. The molecule has 2 heterocycles. The molecular formula is C13H17N3O3. The number of aryl methyl sites for hydroxylation is 1. The summed E-state index contributed by atoms with van der Waals surface area (Å²) >= 11 is 0. The lowest BCUT2D eigenvalue weighted by Crippen LogP contribution is -2.43. The largest absolute Gasteiger partial charge is 0.365 e. The van der Waals surface area contributed by atoms with Gasteiger partial charge in [0.2, 0.25) is 5.91 Å². The van der Waals surface area contributed by atoms with Crippen molar-refractivity contribution in [2.24, 2.45) is 0 Å². The van der Waals surface area contributed by atoms with Crippen LogP contribution in [0.5, 0.6) is 0 Å². The molecule has 1 aromatic heterocycles. The fourth-order valence-electron chi connectivity index (χ4n) is 2.24. The van der Waals surface area contributed by atoms with E-state index in [0.29, 0.717) is 5.56 Å². The minimum absolute atomic E-state index is 0.0340. The van der Waals surface area contributed by atoms with Crippen molar-refractivity contribution in [3.63, 3.8) is 0 Å². The Morgan fingerprint density at radius 2 is 2.16 bits per heavy atom. The smallest absolute Gasteiger partial charge is 0.253 e. The first kappa shape index (κ1) is 13.3. The predicted molar refractivity (Wildman–Crippen MR) is 68.4 cm³/mol. The van der Waals surface area contributed by atoms with Crippen molar-refractivity contribution in [3.8, 4) is 0 Å². The number of nitrogens with zero attached hydrogens (tertiary/aromatic N) is 1. The number of aromatic amines is 1. The minimum Gasteiger partial charge on any atom is -0.365 e. The molecule has 6 heteroatoms. The van der Waals surface area contributed by atoms with E-state index in [1.165, 1.54) is 4.90 Å². The van der Waals surface area contributed by atoms with E-state index >= 15 is 0 Å². The number of aromatic nitrogens is 1. The van der Waals surface area contributed by atoms with Crippen molar-refractivity contribution >= 4 is 17.7 Å². The fourth-order valence-corrected chi connectivity index (χ4v) is 2.24. The molecule has 0 aliphatic carbocycles. The van der Waals surface area contributed by atoms with Gasteiger partial charge in [-0.3, -0.25) is 19.3 Å². The number of rotatable bonds is 3. The highest BCUT2D eigenvalue weighted by Crippen LogP contribution is 2.17. The normalized spacial score (nSPS) is 19.4. The quantitative estimate of drug-likeness (QED) is 0.783. The number of imide groups is 1. The first-order valence-corrected chi connectivity index (χ1v) is 6.22. The van der Waals surface area contributed by atoms with E-state index in [0.717, 1.165) is 5.69 Å². The SMILES string of the molecule is Cc1[nH]ccc1C(=O)N[C@@H]1CC(=O)N(C(C)C)C1=O. The Kier molecular flexibility index (Phi) is 3.42. The maximum absolute atomic E-state index is 12.0. The lowest BCUT2D eigenvalue weighted by Gasteiger charge is -2.19. The van der Waals surface area contributed by atoms with Crippen LogP contribution >= 0.6 is 0 Å². The van der Waals surface area contributed by atoms with Gasteiger partial charge in [0.25, 0.3) is 11.8 Å². The van der Waals surface area contributed by atoms with Crippen LogP contribution in [0, 0.1) is 6.92 Å². The monoisotopic (exact) mass is 263 g/mol. The standard InChI is InChI=1S/C13H17N3O3/c1-7(2)16-11(17)6-10(13(16)19)15-12(18)9-4-5-14-8(9)3/h4-5,7,10,14H,6H2,1-3H3,(H,15,18)/t10-/m1/s1. The summed E-state index contributed by atoms with van der Waals surface area (Å²) in [6.45, 7) is 5.32. The number of likely N-dealkylation sites (tertiary alicyclic amines) is 1. The van der Waals surface area contributed by atoms with Gasteiger partial charge in [0.1, 0.15) is 6.04 Å². The molecule has 6 nitrogen and oxygen atoms in total. The van der Waals surface area contributed by atoms with Crippen LogP contribution in [0.25, 0.3) is 0 Å². The van der Waals surface area contributed by atoms with Crippen LogP contribution in [0.4, 0.5) is 0 Å². The summed E-state index contributed by atoms with van der Waals surface area (Å²) in [7, 11) is 0. The molecule has 3 amide bonds. The number of nitrogens with one attached hydrogen (secondary N) is 2. The van der Waals surface area contributed by atoms with E-state index in [4.69, 9.17) is 0 Å². The van der Waals surface area contributed by atoms with Crippen molar-refractivity contribution in [3.05, 3.63) is 23.5 Å². The number of carbonyl (C=O) groups excluding carboxylic acids is 3. The number of H-pyrrole nitrogens is 1. The van der Waals surface area contributed by atoms with Gasteiger partial charge in [0.15, 0.2) is 0 Å². The second kappa shape index (κ2) is 4.87. The van der Waals surface area contributed by atoms with Gasteiger partial charge in [-0.2, -0.15) is 0 Å². The van der Waals surface area contributed by atoms with E-state index in [-0.39, 0.29) is 30.2 Å². The molecule has 0 unspecified atom stereocenters. The summed E-state index contributed by atoms with van der Waals surface area (Å²) in [5, 5.41) is 2.62. The Morgan fingerprint density at radius 3 is 2.63 bits per heavy atom. The van der Waals surface area contributed by atoms with Crippen LogP contribution in [0.3, 0.4) is 0 Å². The zero-order chi connectivity index (χ0) is 14.2. The Balaban J connectivity index is 2.09. The van der Waals surface area contributed by atoms with E-state index in [1.807, 2.05) is 0 Å². The van der Waals surface area contributed by atoms with Crippen molar-refractivity contribution in [2.75, 3.05) is 0 Å². The highest BCUT2D eigenvalue weighted by Gasteiger charge is 2.40. The van der Waals surface area contributed by atoms with Gasteiger partial charge in [0.05, 0.1) is 12.0 Å². The van der Waals surface area contributed by atoms with Crippen LogP contribution < -0.4 is 5.32 Å². The fraction of sp³-hybridized carbons (Fsp3) is 0.462. The number of hydrogen-bond donors (Lipinski definition) is 2. The third-order valence-electron chi connectivity index (χ3n) is 3.20. The van der Waals surface area contributed by atoms with Gasteiger partial charge in [-0.25, -0.2) is 0 Å². The number of carbonyl (C=O) groups is 3. The van der Waals surface area contributed by atoms with Crippen LogP contribution in [0.15, 0.2) is 12.3 Å². The molecule has 1 aliphatic heterocycles. The molecule has 1 fully saturated rings. The molecule has 1 atom stereocenters. The van der Waals surface area contributed by atoms with Gasteiger partial charge < -0.3 is 10.3 Å². The zero-order valence-corrected chi connectivity index (χ0v) is 11.2. The summed E-state index contributed by atoms with van der Waals surface area (Å²) in [6, 6.07) is 0.708. The summed E-state index contributed by atoms with van der Waals surface area (Å²) < 4.78 is 0. The molecular weight excluding hydrogens is 246 g/mol. The molecule has 0 bridgehead atoms. The summed E-state index contributed by atoms with van der Waals surface area (Å²) in [5.74, 6) is -0.909. The molecule has 0 saturated carbocycles. The number of amides is 3.